The number of hydrogen-bond donors (Lipinski definition) is 2. The largest absolute Gasteiger partial charge is 0.496 e. The minimum absolute atomic E-state index is 0.100. The van der Waals surface area contributed by atoms with E-state index in [-0.39, 0.29) is 5.54 Å². The van der Waals surface area contributed by atoms with Crippen LogP contribution in [0.1, 0.15) is 32.8 Å². The van der Waals surface area contributed by atoms with Crippen molar-refractivity contribution < 1.29 is 4.74 Å². The lowest BCUT2D eigenvalue weighted by Gasteiger charge is -2.30. The van der Waals surface area contributed by atoms with Crippen LogP contribution >= 0.6 is 0 Å². The van der Waals surface area contributed by atoms with Crippen molar-refractivity contribution in [2.45, 2.75) is 38.8 Å². The fourth-order valence-electron chi connectivity index (χ4n) is 2.09. The highest BCUT2D eigenvalue weighted by atomic mass is 16.5. The van der Waals surface area contributed by atoms with Crippen LogP contribution in [0.15, 0.2) is 24.3 Å². The van der Waals surface area contributed by atoms with Crippen molar-refractivity contribution in [2.75, 3.05) is 20.7 Å². The van der Waals surface area contributed by atoms with Crippen LogP contribution in [-0.2, 0) is 5.54 Å². The predicted molar refractivity (Wildman–Crippen MR) is 77.2 cm³/mol. The minimum atomic E-state index is -0.100. The summed E-state index contributed by atoms with van der Waals surface area (Å²) in [6.45, 7) is 7.51. The number of nitrogens with one attached hydrogen (secondary N) is 2. The predicted octanol–water partition coefficient (Wildman–Crippen LogP) is 2.52. The van der Waals surface area contributed by atoms with Gasteiger partial charge in [-0.1, -0.05) is 25.1 Å². The van der Waals surface area contributed by atoms with Gasteiger partial charge in [0.2, 0.25) is 0 Å². The molecule has 0 aliphatic rings. The van der Waals surface area contributed by atoms with Crippen molar-refractivity contribution in [3.8, 4) is 5.75 Å². The number of hydrogen-bond acceptors (Lipinski definition) is 3. The smallest absolute Gasteiger partial charge is 0.123 e. The van der Waals surface area contributed by atoms with Crippen molar-refractivity contribution in [1.29, 1.82) is 0 Å². The lowest BCUT2D eigenvalue weighted by molar-refractivity contribution is 0.341. The molecular weight excluding hydrogens is 224 g/mol. The molecule has 0 spiro atoms. The second-order valence-corrected chi connectivity index (χ2v) is 5.10. The lowest BCUT2D eigenvalue weighted by atomic mass is 9.93. The topological polar surface area (TPSA) is 33.3 Å². The number of likely N-dealkylation sites (N-methyl/N-ethyl adjacent to an activating group) is 1. The Kier molecular flexibility index (Phi) is 5.63. The Hall–Kier alpha value is -1.06. The normalized spacial score (nSPS) is 13.4. The van der Waals surface area contributed by atoms with Crippen LogP contribution in [0, 0.1) is 0 Å². The number of ether oxygens (including phenoxy) is 1. The highest BCUT2D eigenvalue weighted by Crippen LogP contribution is 2.29. The zero-order chi connectivity index (χ0) is 13.6. The summed E-state index contributed by atoms with van der Waals surface area (Å²) in [5.74, 6) is 0.938. The van der Waals surface area contributed by atoms with Gasteiger partial charge < -0.3 is 15.4 Å². The summed E-state index contributed by atoms with van der Waals surface area (Å²) in [7, 11) is 3.73. The molecule has 102 valence electrons. The molecule has 2 N–H and O–H groups in total. The first-order valence-electron chi connectivity index (χ1n) is 6.61. The molecule has 0 fully saturated rings. The quantitative estimate of drug-likeness (QED) is 0.780. The molecule has 0 saturated heterocycles. The van der Waals surface area contributed by atoms with Crippen molar-refractivity contribution >= 4 is 0 Å². The molecular formula is C15H26N2O. The summed E-state index contributed by atoms with van der Waals surface area (Å²) in [5, 5.41) is 6.92. The molecule has 1 atom stereocenters. The average molecular weight is 250 g/mol. The third kappa shape index (κ3) is 3.72. The van der Waals surface area contributed by atoms with Gasteiger partial charge in [-0.3, -0.25) is 0 Å². The molecule has 0 radical (unpaired) electrons. The van der Waals surface area contributed by atoms with Gasteiger partial charge in [0.1, 0.15) is 5.75 Å². The van der Waals surface area contributed by atoms with Gasteiger partial charge in [-0.05, 0) is 33.4 Å². The molecule has 3 heteroatoms. The van der Waals surface area contributed by atoms with E-state index < -0.39 is 0 Å². The van der Waals surface area contributed by atoms with E-state index in [0.717, 1.165) is 18.7 Å². The third-order valence-corrected chi connectivity index (χ3v) is 3.47. The highest BCUT2D eigenvalue weighted by molar-refractivity contribution is 5.38. The second-order valence-electron chi connectivity index (χ2n) is 5.10. The number of benzene rings is 1. The molecule has 1 rings (SSSR count). The Morgan fingerprint density at radius 2 is 1.94 bits per heavy atom. The Bertz CT molecular complexity index is 359. The first kappa shape index (κ1) is 15.0. The summed E-state index contributed by atoms with van der Waals surface area (Å²) in [4.78, 5) is 0. The molecule has 0 aliphatic heterocycles. The SMILES string of the molecule is CCC(CNC(C)(C)c1ccccc1OC)NC. The number of methoxy groups -OCH3 is 1. The molecule has 1 aromatic rings. The summed E-state index contributed by atoms with van der Waals surface area (Å²) >= 11 is 0. The van der Waals surface area contributed by atoms with Crippen molar-refractivity contribution in [3.63, 3.8) is 0 Å². The van der Waals surface area contributed by atoms with Gasteiger partial charge in [0.05, 0.1) is 7.11 Å². The Morgan fingerprint density at radius 3 is 2.50 bits per heavy atom. The van der Waals surface area contributed by atoms with E-state index in [1.54, 1.807) is 7.11 Å². The van der Waals surface area contributed by atoms with E-state index in [1.807, 2.05) is 19.2 Å². The van der Waals surface area contributed by atoms with Gasteiger partial charge in [-0.15, -0.1) is 0 Å². The molecule has 1 unspecified atom stereocenters. The summed E-state index contributed by atoms with van der Waals surface area (Å²) in [6.07, 6.45) is 1.12. The maximum atomic E-state index is 5.44. The Morgan fingerprint density at radius 1 is 1.28 bits per heavy atom. The number of rotatable bonds is 7. The first-order valence-corrected chi connectivity index (χ1v) is 6.61. The van der Waals surface area contributed by atoms with Crippen LogP contribution in [0.2, 0.25) is 0 Å². The van der Waals surface area contributed by atoms with Crippen molar-refractivity contribution in [3.05, 3.63) is 29.8 Å². The van der Waals surface area contributed by atoms with Gasteiger partial charge >= 0.3 is 0 Å². The van der Waals surface area contributed by atoms with Gasteiger partial charge in [0.25, 0.3) is 0 Å². The van der Waals surface area contributed by atoms with Gasteiger partial charge in [0.15, 0.2) is 0 Å². The molecule has 18 heavy (non-hydrogen) atoms. The zero-order valence-electron chi connectivity index (χ0n) is 12.2. The molecule has 0 aromatic heterocycles. The van der Waals surface area contributed by atoms with Crippen LogP contribution in [-0.4, -0.2) is 26.7 Å². The highest BCUT2D eigenvalue weighted by Gasteiger charge is 2.24. The summed E-state index contributed by atoms with van der Waals surface area (Å²) in [5.41, 5.74) is 1.09. The van der Waals surface area contributed by atoms with Gasteiger partial charge in [-0.25, -0.2) is 0 Å². The molecule has 0 saturated carbocycles. The minimum Gasteiger partial charge on any atom is -0.496 e. The lowest BCUT2D eigenvalue weighted by Crippen LogP contribution is -2.44. The fourth-order valence-corrected chi connectivity index (χ4v) is 2.09. The molecule has 0 heterocycles. The van der Waals surface area contributed by atoms with E-state index in [9.17, 15) is 0 Å². The van der Waals surface area contributed by atoms with Crippen molar-refractivity contribution in [1.82, 2.24) is 10.6 Å². The molecule has 0 aliphatic carbocycles. The van der Waals surface area contributed by atoms with E-state index in [2.05, 4.69) is 43.5 Å². The summed E-state index contributed by atoms with van der Waals surface area (Å²) in [6, 6.07) is 8.68. The Balaban J connectivity index is 2.78. The molecule has 1 aromatic carbocycles. The monoisotopic (exact) mass is 250 g/mol. The van der Waals surface area contributed by atoms with Gasteiger partial charge in [0, 0.05) is 23.7 Å². The van der Waals surface area contributed by atoms with Gasteiger partial charge in [-0.2, -0.15) is 0 Å². The van der Waals surface area contributed by atoms with Crippen LogP contribution in [0.25, 0.3) is 0 Å². The molecule has 3 nitrogen and oxygen atoms in total. The van der Waals surface area contributed by atoms with E-state index in [4.69, 9.17) is 4.74 Å². The second kappa shape index (κ2) is 6.76. The maximum absolute atomic E-state index is 5.44. The van der Waals surface area contributed by atoms with E-state index >= 15 is 0 Å². The van der Waals surface area contributed by atoms with Crippen LogP contribution in [0.3, 0.4) is 0 Å². The maximum Gasteiger partial charge on any atom is 0.123 e. The van der Waals surface area contributed by atoms with Crippen LogP contribution in [0.5, 0.6) is 5.75 Å². The molecule has 0 bridgehead atoms. The Labute approximate surface area is 111 Å². The fraction of sp³-hybridized carbons (Fsp3) is 0.600. The van der Waals surface area contributed by atoms with Crippen LogP contribution < -0.4 is 15.4 Å². The van der Waals surface area contributed by atoms with Crippen molar-refractivity contribution in [2.24, 2.45) is 0 Å². The standard InChI is InChI=1S/C15H26N2O/c1-6-12(16-4)11-17-15(2,3)13-9-7-8-10-14(13)18-5/h7-10,12,16-17H,6,11H2,1-5H3. The molecule has 0 amide bonds. The zero-order valence-corrected chi connectivity index (χ0v) is 12.2. The van der Waals surface area contributed by atoms with E-state index in [0.29, 0.717) is 6.04 Å². The van der Waals surface area contributed by atoms with E-state index in [1.165, 1.54) is 5.56 Å². The summed E-state index contributed by atoms with van der Waals surface area (Å²) < 4.78 is 5.44. The average Bonchev–Trinajstić information content (AvgIpc) is 2.39. The third-order valence-electron chi connectivity index (χ3n) is 3.47. The van der Waals surface area contributed by atoms with Crippen LogP contribution in [0.4, 0.5) is 0 Å². The first-order chi connectivity index (χ1) is 8.55. The number of para-hydroxylation sites is 1.